The Bertz CT molecular complexity index is 351. The summed E-state index contributed by atoms with van der Waals surface area (Å²) in [4.78, 5) is 0. The highest BCUT2D eigenvalue weighted by atomic mass is 16.3. The van der Waals surface area contributed by atoms with Crippen molar-refractivity contribution in [2.45, 2.75) is 25.2 Å². The van der Waals surface area contributed by atoms with Gasteiger partial charge in [-0.3, -0.25) is 0 Å². The van der Waals surface area contributed by atoms with E-state index >= 15 is 0 Å². The Morgan fingerprint density at radius 1 is 1.27 bits per heavy atom. The molecule has 80 valence electrons. The van der Waals surface area contributed by atoms with Crippen LogP contribution >= 0.6 is 0 Å². The van der Waals surface area contributed by atoms with Gasteiger partial charge in [-0.2, -0.15) is 0 Å². The molecular weight excluding hydrogens is 186 g/mol. The van der Waals surface area contributed by atoms with Gasteiger partial charge in [-0.15, -0.1) is 0 Å². The summed E-state index contributed by atoms with van der Waals surface area (Å²) in [6, 6.07) is 7.75. The van der Waals surface area contributed by atoms with Gasteiger partial charge >= 0.3 is 0 Å². The normalized spacial score (nSPS) is 34.3. The Morgan fingerprint density at radius 3 is 2.73 bits per heavy atom. The van der Waals surface area contributed by atoms with E-state index < -0.39 is 0 Å². The molecule has 0 bridgehead atoms. The van der Waals surface area contributed by atoms with Crippen molar-refractivity contribution in [3.05, 3.63) is 29.8 Å². The van der Waals surface area contributed by atoms with Crippen molar-refractivity contribution >= 4 is 0 Å². The smallest absolute Gasteiger partial charge is 0.115 e. The van der Waals surface area contributed by atoms with Crippen LogP contribution in [-0.4, -0.2) is 18.2 Å². The average molecular weight is 203 g/mol. The van der Waals surface area contributed by atoms with Crippen LogP contribution in [0.4, 0.5) is 0 Å². The molecular formula is C13H17NO. The molecule has 2 nitrogen and oxygen atoms in total. The molecule has 2 heteroatoms. The number of hydrogen-bond donors (Lipinski definition) is 2. The molecule has 1 aliphatic carbocycles. The molecule has 15 heavy (non-hydrogen) atoms. The first-order chi connectivity index (χ1) is 7.30. The van der Waals surface area contributed by atoms with E-state index in [0.29, 0.717) is 11.2 Å². The quantitative estimate of drug-likeness (QED) is 0.733. The van der Waals surface area contributed by atoms with Crippen LogP contribution in [0.1, 0.15) is 30.7 Å². The van der Waals surface area contributed by atoms with Crippen LogP contribution in [0.5, 0.6) is 5.75 Å². The Kier molecular flexibility index (Phi) is 1.99. The number of phenols is 1. The first kappa shape index (κ1) is 9.22. The zero-order valence-electron chi connectivity index (χ0n) is 8.87. The van der Waals surface area contributed by atoms with Gasteiger partial charge in [0, 0.05) is 6.54 Å². The first-order valence-corrected chi connectivity index (χ1v) is 5.80. The molecule has 0 amide bonds. The second kappa shape index (κ2) is 3.24. The van der Waals surface area contributed by atoms with Gasteiger partial charge in [0.05, 0.1) is 0 Å². The summed E-state index contributed by atoms with van der Waals surface area (Å²) in [7, 11) is 0. The molecule has 2 fully saturated rings. The van der Waals surface area contributed by atoms with Crippen molar-refractivity contribution in [2.75, 3.05) is 13.1 Å². The van der Waals surface area contributed by atoms with Crippen LogP contribution in [-0.2, 0) is 0 Å². The maximum atomic E-state index is 9.25. The van der Waals surface area contributed by atoms with Gasteiger partial charge in [0.15, 0.2) is 0 Å². The molecule has 2 atom stereocenters. The fraction of sp³-hybridized carbons (Fsp3) is 0.538. The molecule has 0 radical (unpaired) electrons. The maximum Gasteiger partial charge on any atom is 0.115 e. The molecule has 1 heterocycles. The van der Waals surface area contributed by atoms with Crippen LogP contribution < -0.4 is 5.32 Å². The summed E-state index contributed by atoms with van der Waals surface area (Å²) in [5.41, 5.74) is 1.95. The van der Waals surface area contributed by atoms with Crippen molar-refractivity contribution < 1.29 is 5.11 Å². The van der Waals surface area contributed by atoms with Crippen molar-refractivity contribution in [1.29, 1.82) is 0 Å². The van der Waals surface area contributed by atoms with Gasteiger partial charge in [-0.05, 0) is 54.8 Å². The van der Waals surface area contributed by atoms with Crippen LogP contribution in [0.25, 0.3) is 0 Å². The molecule has 1 aromatic rings. The van der Waals surface area contributed by atoms with E-state index in [1.54, 1.807) is 12.1 Å². The SMILES string of the molecule is Oc1ccc(C2CC23CCCNC3)cc1. The molecule has 2 unspecified atom stereocenters. The highest BCUT2D eigenvalue weighted by Crippen LogP contribution is 2.62. The molecule has 1 aliphatic heterocycles. The third-order valence-corrected chi connectivity index (χ3v) is 3.99. The van der Waals surface area contributed by atoms with Crippen LogP contribution in [0.15, 0.2) is 24.3 Å². The van der Waals surface area contributed by atoms with Gasteiger partial charge in [0.2, 0.25) is 0 Å². The van der Waals surface area contributed by atoms with E-state index in [1.807, 2.05) is 0 Å². The van der Waals surface area contributed by atoms with E-state index in [9.17, 15) is 5.11 Å². The standard InChI is InChI=1S/C13H17NO/c15-11-4-2-10(3-5-11)12-8-13(12)6-1-7-14-9-13/h2-5,12,14-15H,1,6-9H2. The number of piperidine rings is 1. The molecule has 1 spiro atoms. The number of benzene rings is 1. The first-order valence-electron chi connectivity index (χ1n) is 5.80. The number of nitrogens with one attached hydrogen (secondary N) is 1. The predicted octanol–water partition coefficient (Wildman–Crippen LogP) is 2.25. The number of rotatable bonds is 1. The zero-order valence-corrected chi connectivity index (χ0v) is 8.87. The Labute approximate surface area is 90.3 Å². The molecule has 2 aliphatic rings. The maximum absolute atomic E-state index is 9.25. The summed E-state index contributed by atoms with van der Waals surface area (Å²) >= 11 is 0. The predicted molar refractivity (Wildman–Crippen MR) is 60.0 cm³/mol. The van der Waals surface area contributed by atoms with E-state index in [1.165, 1.54) is 37.9 Å². The summed E-state index contributed by atoms with van der Waals surface area (Å²) in [5.74, 6) is 1.10. The molecule has 1 saturated carbocycles. The van der Waals surface area contributed by atoms with Crippen LogP contribution in [0, 0.1) is 5.41 Å². The number of hydrogen-bond acceptors (Lipinski definition) is 2. The van der Waals surface area contributed by atoms with Crippen molar-refractivity contribution in [1.82, 2.24) is 5.32 Å². The van der Waals surface area contributed by atoms with Gasteiger partial charge < -0.3 is 10.4 Å². The van der Waals surface area contributed by atoms with E-state index in [2.05, 4.69) is 17.4 Å². The van der Waals surface area contributed by atoms with Crippen molar-refractivity contribution in [2.24, 2.45) is 5.41 Å². The highest BCUT2D eigenvalue weighted by Gasteiger charge is 2.54. The lowest BCUT2D eigenvalue weighted by molar-refractivity contribution is 0.347. The minimum absolute atomic E-state index is 0.371. The molecule has 1 saturated heterocycles. The Morgan fingerprint density at radius 2 is 2.07 bits per heavy atom. The van der Waals surface area contributed by atoms with Crippen LogP contribution in [0.2, 0.25) is 0 Å². The van der Waals surface area contributed by atoms with Gasteiger partial charge in [-0.25, -0.2) is 0 Å². The second-order valence-electron chi connectivity index (χ2n) is 4.99. The fourth-order valence-corrected chi connectivity index (χ4v) is 2.99. The molecule has 1 aromatic carbocycles. The van der Waals surface area contributed by atoms with Crippen molar-refractivity contribution in [3.63, 3.8) is 0 Å². The number of phenolic OH excluding ortho intramolecular Hbond substituents is 1. The third kappa shape index (κ3) is 1.53. The molecule has 3 rings (SSSR count). The largest absolute Gasteiger partial charge is 0.508 e. The Hall–Kier alpha value is -1.02. The lowest BCUT2D eigenvalue weighted by Crippen LogP contribution is -2.31. The average Bonchev–Trinajstić information content (AvgIpc) is 2.94. The fourth-order valence-electron chi connectivity index (χ4n) is 2.99. The monoisotopic (exact) mass is 203 g/mol. The lowest BCUT2D eigenvalue weighted by atomic mass is 9.91. The summed E-state index contributed by atoms with van der Waals surface area (Å²) in [5, 5.41) is 12.7. The van der Waals surface area contributed by atoms with Gasteiger partial charge in [0.25, 0.3) is 0 Å². The van der Waals surface area contributed by atoms with E-state index in [4.69, 9.17) is 0 Å². The summed E-state index contributed by atoms with van der Waals surface area (Å²) < 4.78 is 0. The van der Waals surface area contributed by atoms with Crippen molar-refractivity contribution in [3.8, 4) is 5.75 Å². The molecule has 2 N–H and O–H groups in total. The van der Waals surface area contributed by atoms with E-state index in [-0.39, 0.29) is 0 Å². The minimum atomic E-state index is 0.371. The molecule has 0 aromatic heterocycles. The van der Waals surface area contributed by atoms with Crippen LogP contribution in [0.3, 0.4) is 0 Å². The Balaban J connectivity index is 1.77. The van der Waals surface area contributed by atoms with Gasteiger partial charge in [0.1, 0.15) is 5.75 Å². The summed E-state index contributed by atoms with van der Waals surface area (Å²) in [6.45, 7) is 2.36. The minimum Gasteiger partial charge on any atom is -0.508 e. The highest BCUT2D eigenvalue weighted by molar-refractivity contribution is 5.34. The topological polar surface area (TPSA) is 32.3 Å². The second-order valence-corrected chi connectivity index (χ2v) is 4.99. The lowest BCUT2D eigenvalue weighted by Gasteiger charge is -2.23. The third-order valence-electron chi connectivity index (χ3n) is 3.99. The van der Waals surface area contributed by atoms with Gasteiger partial charge in [-0.1, -0.05) is 12.1 Å². The zero-order chi connectivity index (χ0) is 10.3. The summed E-state index contributed by atoms with van der Waals surface area (Å²) in [6.07, 6.45) is 4.00. The van der Waals surface area contributed by atoms with E-state index in [0.717, 1.165) is 5.92 Å². The number of aromatic hydroxyl groups is 1.